The summed E-state index contributed by atoms with van der Waals surface area (Å²) >= 11 is 0. The smallest absolute Gasteiger partial charge is 0.344 e. The molecule has 0 aromatic heterocycles. The van der Waals surface area contributed by atoms with Crippen LogP contribution in [0.1, 0.15) is 15.9 Å². The highest BCUT2D eigenvalue weighted by Gasteiger charge is 2.27. The van der Waals surface area contributed by atoms with Crippen LogP contribution in [0.25, 0.3) is 0 Å². The predicted octanol–water partition coefficient (Wildman–Crippen LogP) is 1.62. The summed E-state index contributed by atoms with van der Waals surface area (Å²) in [6.07, 6.45) is 0. The van der Waals surface area contributed by atoms with Gasteiger partial charge < -0.3 is 4.74 Å². The second-order valence-corrected chi connectivity index (χ2v) is 5.89. The van der Waals surface area contributed by atoms with Crippen LogP contribution in [0.15, 0.2) is 17.0 Å². The number of aryl methyl sites for hydroxylation is 1. The van der Waals surface area contributed by atoms with Gasteiger partial charge in [-0.15, -0.1) is 0 Å². The maximum Gasteiger partial charge on any atom is 0.344 e. The topological polar surface area (TPSA) is 104 Å². The van der Waals surface area contributed by atoms with Crippen molar-refractivity contribution in [3.8, 4) is 0 Å². The number of halogens is 1. The molecule has 0 bridgehead atoms. The molecule has 9 heteroatoms. The molecule has 0 saturated carbocycles. The summed E-state index contributed by atoms with van der Waals surface area (Å²) in [4.78, 5) is 21.1. The number of methoxy groups -OCH3 is 1. The van der Waals surface area contributed by atoms with Crippen molar-refractivity contribution in [2.24, 2.45) is 0 Å². The Kier molecular flexibility index (Phi) is 3.92. The maximum absolute atomic E-state index is 11.4. The van der Waals surface area contributed by atoms with Crippen LogP contribution in [0, 0.1) is 17.0 Å². The first kappa shape index (κ1) is 14.4. The van der Waals surface area contributed by atoms with Crippen molar-refractivity contribution in [1.29, 1.82) is 0 Å². The number of nitro groups is 1. The first-order chi connectivity index (χ1) is 8.18. The van der Waals surface area contributed by atoms with Crippen LogP contribution >= 0.6 is 10.7 Å². The van der Waals surface area contributed by atoms with Crippen molar-refractivity contribution < 1.29 is 22.9 Å². The van der Waals surface area contributed by atoms with Crippen LogP contribution in [0.3, 0.4) is 0 Å². The Balaban J connectivity index is 3.68. The lowest BCUT2D eigenvalue weighted by Gasteiger charge is -2.06. The minimum atomic E-state index is -4.09. The Labute approximate surface area is 107 Å². The number of hydrogen-bond donors (Lipinski definition) is 0. The molecule has 0 spiro atoms. The Morgan fingerprint density at radius 3 is 2.39 bits per heavy atom. The zero-order chi connectivity index (χ0) is 14.1. The number of esters is 1. The second kappa shape index (κ2) is 4.91. The van der Waals surface area contributed by atoms with E-state index in [-0.39, 0.29) is 5.56 Å². The molecule has 0 heterocycles. The van der Waals surface area contributed by atoms with Gasteiger partial charge in [-0.25, -0.2) is 13.2 Å². The van der Waals surface area contributed by atoms with Crippen LogP contribution in [0.4, 0.5) is 5.69 Å². The molecule has 0 amide bonds. The molecule has 0 unspecified atom stereocenters. The lowest BCUT2D eigenvalue weighted by atomic mass is 10.1. The van der Waals surface area contributed by atoms with Crippen LogP contribution < -0.4 is 0 Å². The quantitative estimate of drug-likeness (QED) is 0.363. The van der Waals surface area contributed by atoms with Gasteiger partial charge in [-0.3, -0.25) is 10.1 Å². The zero-order valence-electron chi connectivity index (χ0n) is 9.34. The molecule has 0 fully saturated rings. The van der Waals surface area contributed by atoms with Gasteiger partial charge in [0.15, 0.2) is 0 Å². The van der Waals surface area contributed by atoms with E-state index < -0.39 is 36.1 Å². The summed E-state index contributed by atoms with van der Waals surface area (Å²) in [5, 5.41) is 10.8. The Hall–Kier alpha value is -1.67. The molecule has 0 aliphatic rings. The standard InChI is InChI=1S/C9H8ClNO6S/c1-5-3-6(18(10,15)16)4-7(9(12)17-2)8(5)11(13)14/h3-4H,1-2H3. The normalized spacial score (nSPS) is 11.1. The minimum Gasteiger partial charge on any atom is -0.465 e. The summed E-state index contributed by atoms with van der Waals surface area (Å²) in [5.41, 5.74) is -0.963. The van der Waals surface area contributed by atoms with Crippen molar-refractivity contribution in [1.82, 2.24) is 0 Å². The molecule has 0 N–H and O–H groups in total. The van der Waals surface area contributed by atoms with E-state index in [0.717, 1.165) is 19.2 Å². The number of nitrogens with zero attached hydrogens (tertiary/aromatic N) is 1. The number of hydrogen-bond acceptors (Lipinski definition) is 6. The molecule has 0 radical (unpaired) electrons. The number of carbonyl (C=O) groups excluding carboxylic acids is 1. The van der Waals surface area contributed by atoms with E-state index in [4.69, 9.17) is 10.7 Å². The summed E-state index contributed by atoms with van der Waals surface area (Å²) in [6.45, 7) is 1.30. The number of benzene rings is 1. The highest BCUT2D eigenvalue weighted by molar-refractivity contribution is 8.13. The van der Waals surface area contributed by atoms with Crippen LogP contribution in [-0.4, -0.2) is 26.4 Å². The van der Waals surface area contributed by atoms with E-state index in [1.165, 1.54) is 6.92 Å². The van der Waals surface area contributed by atoms with Crippen molar-refractivity contribution in [3.05, 3.63) is 33.4 Å². The molecule has 1 aromatic rings. The molecule has 18 heavy (non-hydrogen) atoms. The summed E-state index contributed by atoms with van der Waals surface area (Å²) in [6, 6.07) is 1.84. The number of ether oxygens (including phenoxy) is 1. The number of carbonyl (C=O) groups is 1. The average Bonchev–Trinajstić information content (AvgIpc) is 2.25. The minimum absolute atomic E-state index is 0.00197. The summed E-state index contributed by atoms with van der Waals surface area (Å²) in [7, 11) is 2.07. The van der Waals surface area contributed by atoms with Gasteiger partial charge in [0.25, 0.3) is 14.7 Å². The Bertz CT molecular complexity index is 624. The number of rotatable bonds is 3. The van der Waals surface area contributed by atoms with E-state index in [1.54, 1.807) is 0 Å². The number of nitro benzene ring substituents is 1. The van der Waals surface area contributed by atoms with E-state index >= 15 is 0 Å². The van der Waals surface area contributed by atoms with Crippen molar-refractivity contribution >= 4 is 31.4 Å². The van der Waals surface area contributed by atoms with Gasteiger partial charge in [0, 0.05) is 16.2 Å². The van der Waals surface area contributed by atoms with Crippen molar-refractivity contribution in [2.75, 3.05) is 7.11 Å². The third kappa shape index (κ3) is 2.77. The molecule has 0 aliphatic carbocycles. The van der Waals surface area contributed by atoms with Gasteiger partial charge in [-0.05, 0) is 19.1 Å². The summed E-state index contributed by atoms with van der Waals surface area (Å²) < 4.78 is 26.7. The molecule has 0 aliphatic heterocycles. The van der Waals surface area contributed by atoms with Crippen molar-refractivity contribution in [3.63, 3.8) is 0 Å². The molecule has 1 aromatic carbocycles. The highest BCUT2D eigenvalue weighted by Crippen LogP contribution is 2.29. The monoisotopic (exact) mass is 293 g/mol. The predicted molar refractivity (Wildman–Crippen MR) is 62.2 cm³/mol. The molecular weight excluding hydrogens is 286 g/mol. The fourth-order valence-corrected chi connectivity index (χ4v) is 2.24. The van der Waals surface area contributed by atoms with E-state index in [9.17, 15) is 23.3 Å². The lowest BCUT2D eigenvalue weighted by Crippen LogP contribution is -2.09. The van der Waals surface area contributed by atoms with Gasteiger partial charge in [0.1, 0.15) is 5.56 Å². The van der Waals surface area contributed by atoms with E-state index in [2.05, 4.69) is 4.74 Å². The molecule has 0 saturated heterocycles. The molecular formula is C9H8ClNO6S. The van der Waals surface area contributed by atoms with Crippen LogP contribution in [0.2, 0.25) is 0 Å². The SMILES string of the molecule is COC(=O)c1cc(S(=O)(=O)Cl)cc(C)c1[N+](=O)[O-]. The third-order valence-electron chi connectivity index (χ3n) is 2.14. The highest BCUT2D eigenvalue weighted by atomic mass is 35.7. The van der Waals surface area contributed by atoms with Crippen molar-refractivity contribution in [2.45, 2.75) is 11.8 Å². The largest absolute Gasteiger partial charge is 0.465 e. The fourth-order valence-electron chi connectivity index (χ4n) is 1.40. The van der Waals surface area contributed by atoms with Gasteiger partial charge >= 0.3 is 5.97 Å². The maximum atomic E-state index is 11.4. The van der Waals surface area contributed by atoms with Crippen LogP contribution in [0.5, 0.6) is 0 Å². The fraction of sp³-hybridized carbons (Fsp3) is 0.222. The second-order valence-electron chi connectivity index (χ2n) is 3.32. The third-order valence-corrected chi connectivity index (χ3v) is 3.48. The molecule has 1 rings (SSSR count). The molecule has 7 nitrogen and oxygen atoms in total. The summed E-state index contributed by atoms with van der Waals surface area (Å²) in [5.74, 6) is -1.01. The average molecular weight is 294 g/mol. The first-order valence-electron chi connectivity index (χ1n) is 4.50. The Morgan fingerprint density at radius 2 is 2.00 bits per heavy atom. The van der Waals surface area contributed by atoms with Crippen LogP contribution in [-0.2, 0) is 13.8 Å². The van der Waals surface area contributed by atoms with Gasteiger partial charge in [-0.1, -0.05) is 0 Å². The first-order valence-corrected chi connectivity index (χ1v) is 6.81. The van der Waals surface area contributed by atoms with E-state index in [0.29, 0.717) is 0 Å². The van der Waals surface area contributed by atoms with E-state index in [1.807, 2.05) is 0 Å². The molecule has 98 valence electrons. The van der Waals surface area contributed by atoms with Gasteiger partial charge in [0.05, 0.1) is 16.9 Å². The Morgan fingerprint density at radius 1 is 1.44 bits per heavy atom. The van der Waals surface area contributed by atoms with Gasteiger partial charge in [-0.2, -0.15) is 0 Å². The zero-order valence-corrected chi connectivity index (χ0v) is 10.9. The van der Waals surface area contributed by atoms with Gasteiger partial charge in [0.2, 0.25) is 0 Å². The molecule has 0 atom stereocenters. The lowest BCUT2D eigenvalue weighted by molar-refractivity contribution is -0.385.